The number of piperazine rings is 1. The number of ether oxygens (including phenoxy) is 1. The van der Waals surface area contributed by atoms with Crippen molar-refractivity contribution >= 4 is 6.09 Å². The van der Waals surface area contributed by atoms with Gasteiger partial charge in [0.15, 0.2) is 0 Å². The summed E-state index contributed by atoms with van der Waals surface area (Å²) in [6, 6.07) is 0.208. The first kappa shape index (κ1) is 19.2. The number of nitrogens with two attached hydrogens (primary N) is 1. The second-order valence-electron chi connectivity index (χ2n) is 6.99. The van der Waals surface area contributed by atoms with Gasteiger partial charge in [0.1, 0.15) is 5.60 Å². The van der Waals surface area contributed by atoms with Crippen molar-refractivity contribution in [2.24, 2.45) is 5.73 Å². The van der Waals surface area contributed by atoms with E-state index in [4.69, 9.17) is 15.6 Å². The summed E-state index contributed by atoms with van der Waals surface area (Å²) < 4.78 is 5.43. The van der Waals surface area contributed by atoms with Crippen molar-refractivity contribution in [3.8, 4) is 0 Å². The van der Waals surface area contributed by atoms with Crippen molar-refractivity contribution in [2.75, 3.05) is 39.3 Å². The molecule has 0 aromatic carbocycles. The molecule has 0 aliphatic carbocycles. The third-order valence-electron chi connectivity index (χ3n) is 3.88. The molecule has 0 aromatic heterocycles. The molecule has 1 atom stereocenters. The topological polar surface area (TPSA) is 79.0 Å². The van der Waals surface area contributed by atoms with Crippen LogP contribution in [0.5, 0.6) is 0 Å². The van der Waals surface area contributed by atoms with Crippen molar-refractivity contribution in [3.05, 3.63) is 0 Å². The van der Waals surface area contributed by atoms with E-state index in [-0.39, 0.29) is 18.7 Å². The molecule has 1 amide bonds. The molecule has 130 valence electrons. The minimum absolute atomic E-state index is 0.208. The Kier molecular flexibility index (Phi) is 8.14. The second-order valence-corrected chi connectivity index (χ2v) is 6.99. The molecule has 0 bridgehead atoms. The van der Waals surface area contributed by atoms with E-state index in [1.165, 1.54) is 0 Å². The number of rotatable bonds is 7. The fourth-order valence-corrected chi connectivity index (χ4v) is 2.68. The summed E-state index contributed by atoms with van der Waals surface area (Å²) >= 11 is 0. The fourth-order valence-electron chi connectivity index (χ4n) is 2.68. The van der Waals surface area contributed by atoms with Crippen LogP contribution in [0.15, 0.2) is 0 Å². The minimum atomic E-state index is -0.459. The van der Waals surface area contributed by atoms with Gasteiger partial charge in [-0.2, -0.15) is 0 Å². The van der Waals surface area contributed by atoms with Crippen molar-refractivity contribution < 1.29 is 14.6 Å². The van der Waals surface area contributed by atoms with Crippen LogP contribution in [0.3, 0.4) is 0 Å². The normalized spacial score (nSPS) is 20.2. The SMILES string of the molecule is CC(C)(C)OC(=O)N1CCN(CCCCCCO)C(CN)C1. The van der Waals surface area contributed by atoms with Crippen LogP contribution in [0, 0.1) is 0 Å². The van der Waals surface area contributed by atoms with Gasteiger partial charge >= 0.3 is 6.09 Å². The van der Waals surface area contributed by atoms with Crippen LogP contribution in [-0.4, -0.2) is 72.0 Å². The maximum absolute atomic E-state index is 12.1. The molecular weight excluding hydrogens is 282 g/mol. The zero-order chi connectivity index (χ0) is 16.6. The van der Waals surface area contributed by atoms with E-state index in [1.807, 2.05) is 20.8 Å². The van der Waals surface area contributed by atoms with Gasteiger partial charge in [-0.1, -0.05) is 12.8 Å². The highest BCUT2D eigenvalue weighted by molar-refractivity contribution is 5.68. The number of nitrogens with zero attached hydrogens (tertiary/aromatic N) is 2. The Morgan fingerprint density at radius 2 is 1.91 bits per heavy atom. The van der Waals surface area contributed by atoms with E-state index < -0.39 is 5.60 Å². The quantitative estimate of drug-likeness (QED) is 0.695. The third kappa shape index (κ3) is 6.94. The van der Waals surface area contributed by atoms with Gasteiger partial charge in [0, 0.05) is 38.8 Å². The summed E-state index contributed by atoms with van der Waals surface area (Å²) in [6.45, 7) is 9.67. The van der Waals surface area contributed by atoms with Crippen LogP contribution in [-0.2, 0) is 4.74 Å². The van der Waals surface area contributed by atoms with Crippen molar-refractivity contribution in [1.29, 1.82) is 0 Å². The maximum Gasteiger partial charge on any atom is 0.410 e. The van der Waals surface area contributed by atoms with Gasteiger partial charge in [0.25, 0.3) is 0 Å². The summed E-state index contributed by atoms with van der Waals surface area (Å²) in [6.07, 6.45) is 3.95. The molecule has 1 rings (SSSR count). The molecule has 0 radical (unpaired) electrons. The average Bonchev–Trinajstić information content (AvgIpc) is 2.45. The molecule has 0 aromatic rings. The van der Waals surface area contributed by atoms with Gasteiger partial charge in [-0.15, -0.1) is 0 Å². The van der Waals surface area contributed by atoms with E-state index in [9.17, 15) is 4.79 Å². The number of amides is 1. The highest BCUT2D eigenvalue weighted by Crippen LogP contribution is 2.15. The lowest BCUT2D eigenvalue weighted by atomic mass is 10.1. The van der Waals surface area contributed by atoms with Crippen molar-refractivity contribution in [2.45, 2.75) is 58.1 Å². The average molecular weight is 315 g/mol. The smallest absolute Gasteiger partial charge is 0.410 e. The third-order valence-corrected chi connectivity index (χ3v) is 3.88. The maximum atomic E-state index is 12.1. The van der Waals surface area contributed by atoms with Crippen LogP contribution >= 0.6 is 0 Å². The minimum Gasteiger partial charge on any atom is -0.444 e. The number of aliphatic hydroxyl groups excluding tert-OH is 1. The van der Waals surface area contributed by atoms with E-state index in [2.05, 4.69) is 4.90 Å². The zero-order valence-electron chi connectivity index (χ0n) is 14.4. The van der Waals surface area contributed by atoms with Crippen molar-refractivity contribution in [1.82, 2.24) is 9.80 Å². The van der Waals surface area contributed by atoms with Gasteiger partial charge in [-0.3, -0.25) is 4.90 Å². The van der Waals surface area contributed by atoms with Gasteiger partial charge in [-0.25, -0.2) is 4.79 Å². The molecule has 6 heteroatoms. The van der Waals surface area contributed by atoms with Gasteiger partial charge in [0.2, 0.25) is 0 Å². The zero-order valence-corrected chi connectivity index (χ0v) is 14.4. The van der Waals surface area contributed by atoms with Crippen LogP contribution in [0.4, 0.5) is 4.79 Å². The van der Waals surface area contributed by atoms with Gasteiger partial charge in [0.05, 0.1) is 0 Å². The molecule has 3 N–H and O–H groups in total. The number of carbonyl (C=O) groups is 1. The summed E-state index contributed by atoms with van der Waals surface area (Å²) in [7, 11) is 0. The highest BCUT2D eigenvalue weighted by Gasteiger charge is 2.30. The predicted molar refractivity (Wildman–Crippen MR) is 87.8 cm³/mol. The first-order chi connectivity index (χ1) is 10.4. The number of unbranched alkanes of at least 4 members (excludes halogenated alkanes) is 3. The molecule has 0 saturated carbocycles. The van der Waals surface area contributed by atoms with Gasteiger partial charge in [-0.05, 0) is 40.2 Å². The van der Waals surface area contributed by atoms with E-state index in [0.29, 0.717) is 19.6 Å². The number of carbonyl (C=O) groups excluding carboxylic acids is 1. The van der Waals surface area contributed by atoms with Gasteiger partial charge < -0.3 is 20.5 Å². The Balaban J connectivity index is 2.38. The molecule has 1 unspecified atom stereocenters. The predicted octanol–water partition coefficient (Wildman–Crippen LogP) is 1.42. The molecule has 22 heavy (non-hydrogen) atoms. The number of aliphatic hydroxyl groups is 1. The monoisotopic (exact) mass is 315 g/mol. The molecule has 1 heterocycles. The first-order valence-corrected chi connectivity index (χ1v) is 8.40. The lowest BCUT2D eigenvalue weighted by molar-refractivity contribution is 0.00458. The molecule has 6 nitrogen and oxygen atoms in total. The van der Waals surface area contributed by atoms with E-state index >= 15 is 0 Å². The van der Waals surface area contributed by atoms with Crippen LogP contribution in [0.25, 0.3) is 0 Å². The fraction of sp³-hybridized carbons (Fsp3) is 0.938. The largest absolute Gasteiger partial charge is 0.444 e. The molecule has 0 spiro atoms. The first-order valence-electron chi connectivity index (χ1n) is 8.40. The Bertz CT molecular complexity index is 331. The standard InChI is InChI=1S/C16H33N3O3/c1-16(2,3)22-15(21)19-10-9-18(14(12-17)13-19)8-6-4-5-7-11-20/h14,20H,4-13,17H2,1-3H3. The van der Waals surface area contributed by atoms with E-state index in [0.717, 1.165) is 38.8 Å². The Morgan fingerprint density at radius 1 is 1.23 bits per heavy atom. The highest BCUT2D eigenvalue weighted by atomic mass is 16.6. The van der Waals surface area contributed by atoms with Crippen LogP contribution in [0.2, 0.25) is 0 Å². The lowest BCUT2D eigenvalue weighted by Crippen LogP contribution is -2.57. The Morgan fingerprint density at radius 3 is 2.50 bits per heavy atom. The molecule has 1 aliphatic rings. The van der Waals surface area contributed by atoms with E-state index in [1.54, 1.807) is 4.90 Å². The number of hydrogen-bond donors (Lipinski definition) is 2. The van der Waals surface area contributed by atoms with Crippen molar-refractivity contribution in [3.63, 3.8) is 0 Å². The summed E-state index contributed by atoms with van der Waals surface area (Å²) in [5.41, 5.74) is 5.42. The summed E-state index contributed by atoms with van der Waals surface area (Å²) in [5, 5.41) is 8.78. The van der Waals surface area contributed by atoms with Crippen LogP contribution in [0.1, 0.15) is 46.5 Å². The molecule has 1 aliphatic heterocycles. The summed E-state index contributed by atoms with van der Waals surface area (Å²) in [4.78, 5) is 16.3. The molecular formula is C16H33N3O3. The molecule has 1 saturated heterocycles. The Labute approximate surface area is 134 Å². The molecule has 1 fully saturated rings. The van der Waals surface area contributed by atoms with Crippen LogP contribution < -0.4 is 5.73 Å². The summed E-state index contributed by atoms with van der Waals surface area (Å²) in [5.74, 6) is 0. The lowest BCUT2D eigenvalue weighted by Gasteiger charge is -2.41. The number of hydrogen-bond acceptors (Lipinski definition) is 5. The second kappa shape index (κ2) is 9.33. The Hall–Kier alpha value is -0.850.